The van der Waals surface area contributed by atoms with E-state index in [1.807, 2.05) is 23.1 Å². The summed E-state index contributed by atoms with van der Waals surface area (Å²) in [6.45, 7) is 0.735. The number of nitrogens with zero attached hydrogens (tertiary/aromatic N) is 1. The molecule has 0 spiro atoms. The Morgan fingerprint density at radius 1 is 1.18 bits per heavy atom. The van der Waals surface area contributed by atoms with E-state index in [0.29, 0.717) is 12.3 Å². The third-order valence-corrected chi connectivity index (χ3v) is 3.45. The van der Waals surface area contributed by atoms with Gasteiger partial charge in [-0.1, -0.05) is 18.2 Å². The summed E-state index contributed by atoms with van der Waals surface area (Å²) < 4.78 is 0. The second kappa shape index (κ2) is 6.06. The van der Waals surface area contributed by atoms with Gasteiger partial charge in [-0.2, -0.15) is 0 Å². The van der Waals surface area contributed by atoms with Crippen LogP contribution < -0.4 is 4.90 Å². The molecular weight excluding hydrogens is 234 g/mol. The van der Waals surface area contributed by atoms with Crippen LogP contribution in [0.5, 0.6) is 0 Å². The van der Waals surface area contributed by atoms with Crippen LogP contribution in [0.1, 0.15) is 31.2 Å². The molecule has 0 aliphatic carbocycles. The zero-order chi connectivity index (χ0) is 12.1. The molecule has 2 rings (SSSR count). The van der Waals surface area contributed by atoms with Gasteiger partial charge >= 0.3 is 0 Å². The molecule has 0 radical (unpaired) electrons. The summed E-state index contributed by atoms with van der Waals surface area (Å²) in [5.74, 6) is 0.841. The molecule has 1 heterocycles. The van der Waals surface area contributed by atoms with Gasteiger partial charge in [-0.25, -0.2) is 0 Å². The number of amides is 1. The van der Waals surface area contributed by atoms with Crippen molar-refractivity contribution in [3.63, 3.8) is 0 Å². The minimum absolute atomic E-state index is 0.238. The van der Waals surface area contributed by atoms with Crippen LogP contribution in [0.25, 0.3) is 0 Å². The van der Waals surface area contributed by atoms with Crippen LogP contribution in [0.15, 0.2) is 24.3 Å². The highest BCUT2D eigenvalue weighted by Crippen LogP contribution is 2.26. The van der Waals surface area contributed by atoms with Gasteiger partial charge in [0.15, 0.2) is 0 Å². The van der Waals surface area contributed by atoms with Crippen LogP contribution in [0, 0.1) is 0 Å². The molecule has 17 heavy (non-hydrogen) atoms. The summed E-state index contributed by atoms with van der Waals surface area (Å²) in [7, 11) is 0. The van der Waals surface area contributed by atoms with Crippen LogP contribution in [-0.2, 0) is 11.2 Å². The first-order valence-electron chi connectivity index (χ1n) is 6.27. The molecule has 2 nitrogen and oxygen atoms in total. The molecule has 1 aliphatic heterocycles. The molecule has 0 aromatic heterocycles. The lowest BCUT2D eigenvalue weighted by molar-refractivity contribution is -0.118. The van der Waals surface area contributed by atoms with E-state index >= 15 is 0 Å². The molecule has 0 bridgehead atoms. The Kier molecular flexibility index (Phi) is 4.43. The van der Waals surface area contributed by atoms with Crippen molar-refractivity contribution in [3.05, 3.63) is 29.8 Å². The van der Waals surface area contributed by atoms with E-state index in [-0.39, 0.29) is 5.91 Å². The zero-order valence-corrected chi connectivity index (χ0v) is 10.7. The first-order valence-corrected chi connectivity index (χ1v) is 6.80. The van der Waals surface area contributed by atoms with Crippen LogP contribution >= 0.6 is 11.6 Å². The summed E-state index contributed by atoms with van der Waals surface area (Å²) in [5.41, 5.74) is 2.37. The SMILES string of the molecule is O=C1CCCCc2ccccc2N1CCCCl. The van der Waals surface area contributed by atoms with E-state index in [0.717, 1.165) is 37.9 Å². The fraction of sp³-hybridized carbons (Fsp3) is 0.500. The second-order valence-corrected chi connectivity index (χ2v) is 4.80. The topological polar surface area (TPSA) is 20.3 Å². The number of carbonyl (C=O) groups excluding carboxylic acids is 1. The summed E-state index contributed by atoms with van der Waals surface area (Å²) in [6, 6.07) is 8.22. The van der Waals surface area contributed by atoms with Crippen LogP contribution in [0.4, 0.5) is 5.69 Å². The molecule has 0 unspecified atom stereocenters. The largest absolute Gasteiger partial charge is 0.312 e. The van der Waals surface area contributed by atoms with Crippen molar-refractivity contribution < 1.29 is 4.79 Å². The Morgan fingerprint density at radius 2 is 1.94 bits per heavy atom. The van der Waals surface area contributed by atoms with E-state index in [4.69, 9.17) is 11.6 Å². The fourth-order valence-corrected chi connectivity index (χ4v) is 2.43. The zero-order valence-electron chi connectivity index (χ0n) is 9.99. The Labute approximate surface area is 108 Å². The van der Waals surface area contributed by atoms with Crippen LogP contribution in [0.3, 0.4) is 0 Å². The van der Waals surface area contributed by atoms with E-state index in [9.17, 15) is 4.79 Å². The minimum atomic E-state index is 0.238. The maximum Gasteiger partial charge on any atom is 0.226 e. The minimum Gasteiger partial charge on any atom is -0.312 e. The molecule has 1 amide bonds. The molecule has 0 atom stereocenters. The first kappa shape index (κ1) is 12.4. The number of hydrogen-bond donors (Lipinski definition) is 0. The van der Waals surface area contributed by atoms with Gasteiger partial charge in [-0.15, -0.1) is 11.6 Å². The van der Waals surface area contributed by atoms with E-state index < -0.39 is 0 Å². The number of para-hydroxylation sites is 1. The van der Waals surface area contributed by atoms with Crippen molar-refractivity contribution in [1.82, 2.24) is 0 Å². The highest BCUT2D eigenvalue weighted by molar-refractivity contribution is 6.17. The third-order valence-electron chi connectivity index (χ3n) is 3.19. The monoisotopic (exact) mass is 251 g/mol. The van der Waals surface area contributed by atoms with Gasteiger partial charge < -0.3 is 4.90 Å². The van der Waals surface area contributed by atoms with Gasteiger partial charge in [0.25, 0.3) is 0 Å². The molecule has 1 aromatic rings. The number of aryl methyl sites for hydroxylation is 1. The van der Waals surface area contributed by atoms with Crippen molar-refractivity contribution in [2.45, 2.75) is 32.1 Å². The van der Waals surface area contributed by atoms with Gasteiger partial charge in [-0.05, 0) is 37.3 Å². The Balaban J connectivity index is 2.29. The third kappa shape index (κ3) is 3.01. The van der Waals surface area contributed by atoms with E-state index in [1.165, 1.54) is 5.56 Å². The molecule has 0 fully saturated rings. The average Bonchev–Trinajstić information content (AvgIpc) is 2.34. The van der Waals surface area contributed by atoms with Crippen molar-refractivity contribution >= 4 is 23.2 Å². The lowest BCUT2D eigenvalue weighted by Crippen LogP contribution is -2.33. The van der Waals surface area contributed by atoms with E-state index in [1.54, 1.807) is 0 Å². The molecule has 1 aromatic carbocycles. The molecule has 3 heteroatoms. The highest BCUT2D eigenvalue weighted by Gasteiger charge is 2.19. The molecule has 1 aliphatic rings. The summed E-state index contributed by atoms with van der Waals surface area (Å²) >= 11 is 5.73. The number of rotatable bonds is 3. The lowest BCUT2D eigenvalue weighted by atomic mass is 10.0. The van der Waals surface area contributed by atoms with Crippen LogP contribution in [0.2, 0.25) is 0 Å². The standard InChI is InChI=1S/C14H18ClNO/c15-10-5-11-16-13-8-3-1-6-12(13)7-2-4-9-14(16)17/h1,3,6,8H,2,4-5,7,9-11H2. The van der Waals surface area contributed by atoms with Gasteiger partial charge in [0.05, 0.1) is 0 Å². The average molecular weight is 252 g/mol. The van der Waals surface area contributed by atoms with Gasteiger partial charge in [-0.3, -0.25) is 4.79 Å². The number of fused-ring (bicyclic) bond motifs is 1. The summed E-state index contributed by atoms with van der Waals surface area (Å²) in [4.78, 5) is 14.0. The number of alkyl halides is 1. The Morgan fingerprint density at radius 3 is 2.76 bits per heavy atom. The Hall–Kier alpha value is -1.02. The number of anilines is 1. The van der Waals surface area contributed by atoms with Crippen molar-refractivity contribution in [1.29, 1.82) is 0 Å². The summed E-state index contributed by atoms with van der Waals surface area (Å²) in [6.07, 6.45) is 4.68. The van der Waals surface area contributed by atoms with Crippen molar-refractivity contribution in [2.24, 2.45) is 0 Å². The Bertz CT molecular complexity index is 392. The molecule has 0 saturated heterocycles. The first-order chi connectivity index (χ1) is 8.33. The lowest BCUT2D eigenvalue weighted by Gasteiger charge is -2.27. The second-order valence-electron chi connectivity index (χ2n) is 4.42. The number of hydrogen-bond acceptors (Lipinski definition) is 1. The van der Waals surface area contributed by atoms with Crippen LogP contribution in [-0.4, -0.2) is 18.3 Å². The molecular formula is C14H18ClNO. The van der Waals surface area contributed by atoms with Gasteiger partial charge in [0.1, 0.15) is 0 Å². The smallest absolute Gasteiger partial charge is 0.226 e. The number of benzene rings is 1. The maximum atomic E-state index is 12.1. The predicted molar refractivity (Wildman–Crippen MR) is 71.7 cm³/mol. The number of halogens is 1. The fourth-order valence-electron chi connectivity index (χ4n) is 2.31. The van der Waals surface area contributed by atoms with Gasteiger partial charge in [0, 0.05) is 24.5 Å². The van der Waals surface area contributed by atoms with Gasteiger partial charge in [0.2, 0.25) is 5.91 Å². The number of carbonyl (C=O) groups is 1. The summed E-state index contributed by atoms with van der Waals surface area (Å²) in [5, 5.41) is 0. The van der Waals surface area contributed by atoms with Crippen molar-refractivity contribution in [3.8, 4) is 0 Å². The molecule has 0 saturated carbocycles. The van der Waals surface area contributed by atoms with E-state index in [2.05, 4.69) is 6.07 Å². The molecule has 92 valence electrons. The predicted octanol–water partition coefficient (Wildman–Crippen LogP) is 3.37. The quantitative estimate of drug-likeness (QED) is 0.755. The molecule has 0 N–H and O–H groups in total. The normalized spacial score (nSPS) is 16.3. The maximum absolute atomic E-state index is 12.1. The van der Waals surface area contributed by atoms with Crippen molar-refractivity contribution in [2.75, 3.05) is 17.3 Å². The highest BCUT2D eigenvalue weighted by atomic mass is 35.5.